The van der Waals surface area contributed by atoms with Crippen molar-refractivity contribution in [3.05, 3.63) is 24.3 Å². The molecule has 4 unspecified atom stereocenters. The first-order chi connectivity index (χ1) is 16.8. The highest BCUT2D eigenvalue weighted by atomic mass is 32.2. The standard InChI is InChI=1S/C26H37N3O5S/c1-5-7-16(4)27-24(32)22-26-15(3)14-19(35-26)20(21(26)25(33)29(22)12-13-30)23(31)28-17-8-10-18(11-9-17)34-6-2/h8-11,15-16,19-22,30H,5-7,12-14H2,1-4H3,(H,27,32)(H,28,31)/t15?,16?,19-,20+,21+,22?,26?/m1/s1. The molecule has 0 aromatic heterocycles. The van der Waals surface area contributed by atoms with Crippen LogP contribution in [0.1, 0.15) is 47.0 Å². The van der Waals surface area contributed by atoms with Crippen molar-refractivity contribution >= 4 is 35.2 Å². The first-order valence-corrected chi connectivity index (χ1v) is 13.6. The van der Waals surface area contributed by atoms with Crippen molar-refractivity contribution in [1.82, 2.24) is 10.2 Å². The van der Waals surface area contributed by atoms with Crippen LogP contribution in [0.15, 0.2) is 24.3 Å². The largest absolute Gasteiger partial charge is 0.494 e. The highest BCUT2D eigenvalue weighted by molar-refractivity contribution is 8.02. The molecule has 0 aliphatic carbocycles. The molecule has 3 heterocycles. The van der Waals surface area contributed by atoms with Gasteiger partial charge in [0.15, 0.2) is 0 Å². The number of aliphatic hydroxyl groups excluding tert-OH is 1. The number of anilines is 1. The Morgan fingerprint density at radius 1 is 1.26 bits per heavy atom. The number of thioether (sulfide) groups is 1. The summed E-state index contributed by atoms with van der Waals surface area (Å²) in [6.07, 6.45) is 2.57. The van der Waals surface area contributed by atoms with Crippen molar-refractivity contribution in [2.45, 2.75) is 69.0 Å². The molecule has 192 valence electrons. The van der Waals surface area contributed by atoms with Gasteiger partial charge in [0.25, 0.3) is 0 Å². The monoisotopic (exact) mass is 503 g/mol. The van der Waals surface area contributed by atoms with Crippen LogP contribution in [-0.4, -0.2) is 69.6 Å². The molecular formula is C26H37N3O5S. The third-order valence-electron chi connectivity index (χ3n) is 7.68. The molecule has 3 fully saturated rings. The van der Waals surface area contributed by atoms with Gasteiger partial charge < -0.3 is 25.4 Å². The molecule has 4 rings (SSSR count). The Bertz CT molecular complexity index is 957. The summed E-state index contributed by atoms with van der Waals surface area (Å²) in [5.74, 6) is -0.857. The minimum Gasteiger partial charge on any atom is -0.494 e. The smallest absolute Gasteiger partial charge is 0.244 e. The number of hydrogen-bond acceptors (Lipinski definition) is 6. The lowest BCUT2D eigenvalue weighted by Crippen LogP contribution is -2.57. The van der Waals surface area contributed by atoms with Crippen molar-refractivity contribution in [2.75, 3.05) is 25.1 Å². The molecular weight excluding hydrogens is 466 g/mol. The van der Waals surface area contributed by atoms with Crippen LogP contribution >= 0.6 is 11.8 Å². The van der Waals surface area contributed by atoms with Crippen LogP contribution in [0.4, 0.5) is 5.69 Å². The number of β-amino-alcohol motifs (C(OH)–C–C–N with tert-alkyl or cyclic N) is 1. The van der Waals surface area contributed by atoms with Gasteiger partial charge in [-0.1, -0.05) is 20.3 Å². The molecule has 9 heteroatoms. The molecule has 3 amide bonds. The molecule has 2 bridgehead atoms. The number of likely N-dealkylation sites (tertiary alicyclic amines) is 1. The Hall–Kier alpha value is -2.26. The molecule has 3 aliphatic rings. The van der Waals surface area contributed by atoms with Gasteiger partial charge in [-0.25, -0.2) is 0 Å². The fraction of sp³-hybridized carbons (Fsp3) is 0.654. The summed E-state index contributed by atoms with van der Waals surface area (Å²) in [7, 11) is 0. The molecule has 7 atom stereocenters. The maximum atomic E-state index is 13.7. The molecule has 0 saturated carbocycles. The van der Waals surface area contributed by atoms with E-state index in [-0.39, 0.29) is 48.1 Å². The van der Waals surface area contributed by atoms with E-state index in [2.05, 4.69) is 24.5 Å². The first-order valence-electron chi connectivity index (χ1n) is 12.7. The zero-order valence-electron chi connectivity index (χ0n) is 21.0. The first kappa shape index (κ1) is 25.8. The molecule has 0 radical (unpaired) electrons. The predicted octanol–water partition coefficient (Wildman–Crippen LogP) is 2.66. The summed E-state index contributed by atoms with van der Waals surface area (Å²) >= 11 is 1.64. The fourth-order valence-corrected chi connectivity index (χ4v) is 8.74. The Balaban J connectivity index is 1.61. The van der Waals surface area contributed by atoms with Gasteiger partial charge in [-0.15, -0.1) is 11.8 Å². The van der Waals surface area contributed by atoms with Crippen LogP contribution < -0.4 is 15.4 Å². The minimum absolute atomic E-state index is 0.00769. The van der Waals surface area contributed by atoms with Gasteiger partial charge >= 0.3 is 0 Å². The number of nitrogens with one attached hydrogen (secondary N) is 2. The number of benzene rings is 1. The van der Waals surface area contributed by atoms with Gasteiger partial charge in [0, 0.05) is 23.5 Å². The third-order valence-corrected chi connectivity index (χ3v) is 9.76. The number of carbonyl (C=O) groups excluding carboxylic acids is 3. The van der Waals surface area contributed by atoms with Crippen LogP contribution in [-0.2, 0) is 14.4 Å². The van der Waals surface area contributed by atoms with Gasteiger partial charge in [0.1, 0.15) is 11.8 Å². The van der Waals surface area contributed by atoms with Gasteiger partial charge in [-0.2, -0.15) is 0 Å². The van der Waals surface area contributed by atoms with Crippen LogP contribution in [0, 0.1) is 17.8 Å². The minimum atomic E-state index is -0.695. The number of nitrogens with zero attached hydrogens (tertiary/aromatic N) is 1. The van der Waals surface area contributed by atoms with Crippen molar-refractivity contribution in [3.63, 3.8) is 0 Å². The highest BCUT2D eigenvalue weighted by Gasteiger charge is 2.75. The number of carbonyl (C=O) groups is 3. The molecule has 1 aromatic carbocycles. The molecule has 3 N–H and O–H groups in total. The lowest BCUT2D eigenvalue weighted by Gasteiger charge is -2.39. The molecule has 35 heavy (non-hydrogen) atoms. The van der Waals surface area contributed by atoms with E-state index in [0.29, 0.717) is 12.3 Å². The van der Waals surface area contributed by atoms with E-state index >= 15 is 0 Å². The average Bonchev–Trinajstić information content (AvgIpc) is 3.40. The van der Waals surface area contributed by atoms with E-state index in [1.807, 2.05) is 13.8 Å². The fourth-order valence-electron chi connectivity index (χ4n) is 6.32. The predicted molar refractivity (Wildman–Crippen MR) is 136 cm³/mol. The van der Waals surface area contributed by atoms with E-state index in [4.69, 9.17) is 4.74 Å². The Kier molecular flexibility index (Phi) is 7.66. The Labute approximate surface area is 211 Å². The van der Waals surface area contributed by atoms with Crippen molar-refractivity contribution in [1.29, 1.82) is 0 Å². The van der Waals surface area contributed by atoms with Crippen LogP contribution in [0.5, 0.6) is 5.75 Å². The number of rotatable bonds is 10. The van der Waals surface area contributed by atoms with Crippen molar-refractivity contribution in [2.24, 2.45) is 17.8 Å². The zero-order valence-corrected chi connectivity index (χ0v) is 21.8. The second-order valence-corrected chi connectivity index (χ2v) is 11.5. The summed E-state index contributed by atoms with van der Waals surface area (Å²) in [6.45, 7) is 8.46. The molecule has 1 aromatic rings. The summed E-state index contributed by atoms with van der Waals surface area (Å²) in [4.78, 5) is 42.4. The van der Waals surface area contributed by atoms with Gasteiger partial charge in [-0.05, 0) is 56.9 Å². The van der Waals surface area contributed by atoms with Gasteiger partial charge in [0.05, 0.1) is 29.8 Å². The molecule has 3 aliphatic heterocycles. The molecule has 3 saturated heterocycles. The van der Waals surface area contributed by atoms with E-state index < -0.39 is 22.6 Å². The number of hydrogen-bond donors (Lipinski definition) is 3. The van der Waals surface area contributed by atoms with Crippen molar-refractivity contribution < 1.29 is 24.2 Å². The van der Waals surface area contributed by atoms with Gasteiger partial charge in [-0.3, -0.25) is 14.4 Å². The van der Waals surface area contributed by atoms with Gasteiger partial charge in [0.2, 0.25) is 17.7 Å². The lowest BCUT2D eigenvalue weighted by molar-refractivity contribution is -0.139. The van der Waals surface area contributed by atoms with Crippen LogP contribution in [0.3, 0.4) is 0 Å². The second kappa shape index (κ2) is 10.4. The normalized spacial score (nSPS) is 31.9. The number of ether oxygens (including phenoxy) is 1. The zero-order chi connectivity index (χ0) is 25.3. The topological polar surface area (TPSA) is 108 Å². The van der Waals surface area contributed by atoms with E-state index in [9.17, 15) is 19.5 Å². The van der Waals surface area contributed by atoms with Crippen molar-refractivity contribution in [3.8, 4) is 5.75 Å². The third kappa shape index (κ3) is 4.42. The highest BCUT2D eigenvalue weighted by Crippen LogP contribution is 2.68. The quantitative estimate of drug-likeness (QED) is 0.453. The maximum Gasteiger partial charge on any atom is 0.244 e. The molecule has 8 nitrogen and oxygen atoms in total. The molecule has 1 spiro atoms. The Morgan fingerprint density at radius 3 is 2.60 bits per heavy atom. The number of fused-ring (bicyclic) bond motifs is 1. The van der Waals surface area contributed by atoms with Crippen LogP contribution in [0.25, 0.3) is 0 Å². The second-order valence-electron chi connectivity index (χ2n) is 9.95. The Morgan fingerprint density at radius 2 is 1.97 bits per heavy atom. The van der Waals surface area contributed by atoms with E-state index in [0.717, 1.165) is 25.0 Å². The summed E-state index contributed by atoms with van der Waals surface area (Å²) in [6, 6.07) is 6.49. The summed E-state index contributed by atoms with van der Waals surface area (Å²) in [5.41, 5.74) is 0.647. The average molecular weight is 504 g/mol. The maximum absolute atomic E-state index is 13.7. The van der Waals surface area contributed by atoms with E-state index in [1.54, 1.807) is 36.0 Å². The van der Waals surface area contributed by atoms with Crippen LogP contribution in [0.2, 0.25) is 0 Å². The van der Waals surface area contributed by atoms with E-state index in [1.165, 1.54) is 4.90 Å². The summed E-state index contributed by atoms with van der Waals surface area (Å²) in [5, 5.41) is 15.8. The SMILES string of the molecule is CCCC(C)NC(=O)C1N(CCO)C(=O)[C@@H]2[C@@H](C(=O)Nc3ccc(OCC)cc3)[C@H]3CC(C)C12S3. The number of aliphatic hydroxyl groups is 1. The number of amides is 3. The summed E-state index contributed by atoms with van der Waals surface area (Å²) < 4.78 is 4.80. The lowest BCUT2D eigenvalue weighted by atomic mass is 9.65.